The van der Waals surface area contributed by atoms with E-state index in [0.717, 1.165) is 18.5 Å². The third-order valence-electron chi connectivity index (χ3n) is 5.99. The van der Waals surface area contributed by atoms with Gasteiger partial charge in [0.05, 0.1) is 10.9 Å². The minimum atomic E-state index is -3.46. The fourth-order valence-electron chi connectivity index (χ4n) is 4.27. The first-order valence-corrected chi connectivity index (χ1v) is 14.1. The molecule has 0 bridgehead atoms. The van der Waals surface area contributed by atoms with Gasteiger partial charge in [-0.05, 0) is 59.0 Å². The third kappa shape index (κ3) is 4.55. The number of aryl methyl sites for hydroxylation is 1. The van der Waals surface area contributed by atoms with E-state index in [0.29, 0.717) is 30.8 Å². The van der Waals surface area contributed by atoms with Crippen molar-refractivity contribution in [3.05, 3.63) is 74.1 Å². The van der Waals surface area contributed by atoms with Crippen molar-refractivity contribution in [1.82, 2.24) is 9.21 Å². The molecule has 4 rings (SSSR count). The Morgan fingerprint density at radius 3 is 2.47 bits per heavy atom. The van der Waals surface area contributed by atoms with E-state index in [1.807, 2.05) is 36.9 Å². The number of hydrogen-bond acceptors (Lipinski definition) is 5. The molecule has 1 amide bonds. The Morgan fingerprint density at radius 1 is 1.06 bits per heavy atom. The van der Waals surface area contributed by atoms with Crippen LogP contribution < -0.4 is 0 Å². The van der Waals surface area contributed by atoms with Crippen molar-refractivity contribution in [2.75, 3.05) is 19.6 Å². The van der Waals surface area contributed by atoms with E-state index in [4.69, 9.17) is 0 Å². The number of hydrogen-bond donors (Lipinski definition) is 0. The summed E-state index contributed by atoms with van der Waals surface area (Å²) < 4.78 is 26.8. The van der Waals surface area contributed by atoms with Gasteiger partial charge in [-0.3, -0.25) is 4.79 Å². The summed E-state index contributed by atoms with van der Waals surface area (Å²) in [7, 11) is -3.46. The van der Waals surface area contributed by atoms with E-state index in [1.54, 1.807) is 34.8 Å². The molecular weight excluding hydrogens is 460 g/mol. The molecule has 2 aromatic heterocycles. The van der Waals surface area contributed by atoms with Crippen LogP contribution in [0.2, 0.25) is 0 Å². The Morgan fingerprint density at radius 2 is 1.81 bits per heavy atom. The van der Waals surface area contributed by atoms with Gasteiger partial charge in [-0.2, -0.15) is 4.31 Å². The van der Waals surface area contributed by atoms with Crippen LogP contribution in [0.5, 0.6) is 0 Å². The average Bonchev–Trinajstić information content (AvgIpc) is 3.50. The molecule has 0 saturated heterocycles. The molecule has 1 unspecified atom stereocenters. The second kappa shape index (κ2) is 9.87. The molecule has 0 saturated carbocycles. The molecule has 32 heavy (non-hydrogen) atoms. The zero-order valence-electron chi connectivity index (χ0n) is 18.4. The van der Waals surface area contributed by atoms with E-state index < -0.39 is 10.0 Å². The summed E-state index contributed by atoms with van der Waals surface area (Å²) in [5.74, 6) is 0.139. The standard InChI is InChI=1S/C24H28N2O3S3/c1-3-25(4-2)32(28,29)19-10-7-18(8-11-19)9-12-23(27)26-15-13-21-20(14-17-31-21)24(26)22-6-5-16-30-22/h5-8,10-11,14,16-17,24H,3-4,9,12-13,15H2,1-2H3. The van der Waals surface area contributed by atoms with Gasteiger partial charge in [0, 0.05) is 35.8 Å². The molecule has 170 valence electrons. The minimum absolute atomic E-state index is 0.000843. The molecular formula is C24H28N2O3S3. The molecule has 1 atom stereocenters. The summed E-state index contributed by atoms with van der Waals surface area (Å²) in [6, 6.07) is 13.3. The highest BCUT2D eigenvalue weighted by Crippen LogP contribution is 2.39. The van der Waals surface area contributed by atoms with Crippen LogP contribution in [0.1, 0.15) is 47.2 Å². The topological polar surface area (TPSA) is 57.7 Å². The van der Waals surface area contributed by atoms with Crippen molar-refractivity contribution >= 4 is 38.6 Å². The fraction of sp³-hybridized carbons (Fsp3) is 0.375. The summed E-state index contributed by atoms with van der Waals surface area (Å²) in [6.07, 6.45) is 1.90. The van der Waals surface area contributed by atoms with Gasteiger partial charge in [-0.15, -0.1) is 22.7 Å². The monoisotopic (exact) mass is 488 g/mol. The number of sulfonamides is 1. The van der Waals surface area contributed by atoms with E-state index >= 15 is 0 Å². The quantitative estimate of drug-likeness (QED) is 0.451. The van der Waals surface area contributed by atoms with Gasteiger partial charge in [0.1, 0.15) is 0 Å². The predicted octanol–water partition coefficient (Wildman–Crippen LogP) is 4.95. The van der Waals surface area contributed by atoms with Gasteiger partial charge in [-0.25, -0.2) is 8.42 Å². The van der Waals surface area contributed by atoms with Crippen molar-refractivity contribution in [3.63, 3.8) is 0 Å². The maximum absolute atomic E-state index is 13.2. The number of amides is 1. The summed E-state index contributed by atoms with van der Waals surface area (Å²) >= 11 is 3.46. The summed E-state index contributed by atoms with van der Waals surface area (Å²) in [5, 5.41) is 4.18. The molecule has 1 aliphatic rings. The maximum Gasteiger partial charge on any atom is 0.243 e. The molecule has 5 nitrogen and oxygen atoms in total. The van der Waals surface area contributed by atoms with Gasteiger partial charge in [-0.1, -0.05) is 32.0 Å². The SMILES string of the molecule is CCN(CC)S(=O)(=O)c1ccc(CCC(=O)N2CCc3sccc3C2c2cccs2)cc1. The smallest absolute Gasteiger partial charge is 0.243 e. The zero-order chi connectivity index (χ0) is 22.7. The third-order valence-corrected chi connectivity index (χ3v) is 9.98. The summed E-state index contributed by atoms with van der Waals surface area (Å²) in [4.78, 5) is 18.1. The first kappa shape index (κ1) is 23.2. The Bertz CT molecular complexity index is 1150. The van der Waals surface area contributed by atoms with Crippen molar-refractivity contribution in [1.29, 1.82) is 0 Å². The van der Waals surface area contributed by atoms with Crippen molar-refractivity contribution in [2.45, 2.75) is 44.0 Å². The summed E-state index contributed by atoms with van der Waals surface area (Å²) in [5.41, 5.74) is 2.22. The Labute approximate surface area is 198 Å². The highest BCUT2D eigenvalue weighted by Gasteiger charge is 2.33. The van der Waals surface area contributed by atoms with E-state index in [9.17, 15) is 13.2 Å². The number of rotatable bonds is 8. The van der Waals surface area contributed by atoms with Gasteiger partial charge in [0.15, 0.2) is 0 Å². The number of benzene rings is 1. The normalized spacial score (nSPS) is 16.3. The Kier molecular flexibility index (Phi) is 7.14. The van der Waals surface area contributed by atoms with Crippen molar-refractivity contribution in [3.8, 4) is 0 Å². The number of carbonyl (C=O) groups is 1. The van der Waals surface area contributed by atoms with E-state index in [1.165, 1.54) is 19.6 Å². The largest absolute Gasteiger partial charge is 0.330 e. The molecule has 0 spiro atoms. The molecule has 3 aromatic rings. The van der Waals surface area contributed by atoms with Crippen LogP contribution in [0.25, 0.3) is 0 Å². The van der Waals surface area contributed by atoms with Gasteiger partial charge >= 0.3 is 0 Å². The van der Waals surface area contributed by atoms with Crippen LogP contribution >= 0.6 is 22.7 Å². The first-order valence-electron chi connectivity index (χ1n) is 10.9. The lowest BCUT2D eigenvalue weighted by atomic mass is 9.97. The lowest BCUT2D eigenvalue weighted by Crippen LogP contribution is -2.39. The van der Waals surface area contributed by atoms with E-state index in [-0.39, 0.29) is 11.9 Å². The van der Waals surface area contributed by atoms with Crippen LogP contribution in [0.3, 0.4) is 0 Å². The molecule has 8 heteroatoms. The molecule has 0 aliphatic carbocycles. The second-order valence-corrected chi connectivity index (χ2v) is 11.7. The van der Waals surface area contributed by atoms with Gasteiger partial charge in [0.2, 0.25) is 15.9 Å². The lowest BCUT2D eigenvalue weighted by Gasteiger charge is -2.35. The van der Waals surface area contributed by atoms with Crippen LogP contribution in [0, 0.1) is 0 Å². The van der Waals surface area contributed by atoms with Crippen LogP contribution in [0.15, 0.2) is 58.1 Å². The van der Waals surface area contributed by atoms with Gasteiger partial charge in [0.25, 0.3) is 0 Å². The molecule has 3 heterocycles. The predicted molar refractivity (Wildman–Crippen MR) is 131 cm³/mol. The summed E-state index contributed by atoms with van der Waals surface area (Å²) in [6.45, 7) is 5.30. The van der Waals surface area contributed by atoms with Crippen molar-refractivity contribution < 1.29 is 13.2 Å². The second-order valence-electron chi connectivity index (χ2n) is 7.79. The number of carbonyl (C=O) groups excluding carboxylic acids is 1. The maximum atomic E-state index is 13.2. The molecule has 0 radical (unpaired) electrons. The van der Waals surface area contributed by atoms with Crippen LogP contribution in [0.4, 0.5) is 0 Å². The highest BCUT2D eigenvalue weighted by molar-refractivity contribution is 7.89. The fourth-order valence-corrected chi connectivity index (χ4v) is 7.49. The van der Waals surface area contributed by atoms with Crippen LogP contribution in [-0.2, 0) is 27.7 Å². The molecule has 0 fully saturated rings. The Balaban J connectivity index is 1.46. The zero-order valence-corrected chi connectivity index (χ0v) is 20.8. The van der Waals surface area contributed by atoms with E-state index in [2.05, 4.69) is 22.9 Å². The number of fused-ring (bicyclic) bond motifs is 1. The number of thiophene rings is 2. The highest BCUT2D eigenvalue weighted by atomic mass is 32.2. The lowest BCUT2D eigenvalue weighted by molar-refractivity contribution is -0.133. The van der Waals surface area contributed by atoms with Crippen molar-refractivity contribution in [2.24, 2.45) is 0 Å². The molecule has 0 N–H and O–H groups in total. The van der Waals surface area contributed by atoms with Gasteiger partial charge < -0.3 is 4.90 Å². The molecule has 1 aromatic carbocycles. The Hall–Kier alpha value is -2.00. The molecule has 1 aliphatic heterocycles. The first-order chi connectivity index (χ1) is 15.5. The number of nitrogens with zero attached hydrogens (tertiary/aromatic N) is 2. The minimum Gasteiger partial charge on any atom is -0.330 e. The average molecular weight is 489 g/mol. The van der Waals surface area contributed by atoms with Crippen LogP contribution in [-0.4, -0.2) is 43.2 Å².